The highest BCUT2D eigenvalue weighted by molar-refractivity contribution is 5.86. The van der Waals surface area contributed by atoms with E-state index in [0.29, 0.717) is 32.0 Å². The third-order valence-electron chi connectivity index (χ3n) is 5.39. The lowest BCUT2D eigenvalue weighted by molar-refractivity contribution is -0.132. The first-order valence-corrected chi connectivity index (χ1v) is 9.93. The van der Waals surface area contributed by atoms with Crippen molar-refractivity contribution in [2.45, 2.75) is 19.9 Å². The summed E-state index contributed by atoms with van der Waals surface area (Å²) in [6.45, 7) is 3.52. The molecule has 0 unspecified atom stereocenters. The van der Waals surface area contributed by atoms with Crippen molar-refractivity contribution in [3.05, 3.63) is 77.9 Å². The summed E-state index contributed by atoms with van der Waals surface area (Å²) in [7, 11) is 1.65. The van der Waals surface area contributed by atoms with Gasteiger partial charge in [0.15, 0.2) is 0 Å². The van der Waals surface area contributed by atoms with E-state index in [1.54, 1.807) is 25.7 Å². The maximum Gasteiger partial charge on any atom is 0.230 e. The normalized spacial score (nSPS) is 14.7. The Hall–Kier alpha value is -3.48. The Bertz CT molecular complexity index is 1020. The summed E-state index contributed by atoms with van der Waals surface area (Å²) in [4.78, 5) is 28.3. The molecule has 1 saturated heterocycles. The van der Waals surface area contributed by atoms with E-state index in [9.17, 15) is 4.79 Å². The van der Waals surface area contributed by atoms with Gasteiger partial charge < -0.3 is 15.0 Å². The minimum Gasteiger partial charge on any atom is -0.497 e. The van der Waals surface area contributed by atoms with Crippen molar-refractivity contribution < 1.29 is 9.53 Å². The number of nitrogens with one attached hydrogen (secondary N) is 1. The van der Waals surface area contributed by atoms with Gasteiger partial charge in [-0.25, -0.2) is 9.97 Å². The molecule has 0 atom stereocenters. The first-order chi connectivity index (χ1) is 14.6. The molecule has 1 aliphatic heterocycles. The number of nitrogens with zero attached hydrogens (tertiary/aromatic N) is 4. The predicted octanol–water partition coefficient (Wildman–Crippen LogP) is 2.55. The molecule has 7 heteroatoms. The number of pyridine rings is 1. The van der Waals surface area contributed by atoms with Crippen LogP contribution in [0, 0.1) is 12.3 Å². The van der Waals surface area contributed by atoms with Crippen molar-refractivity contribution in [1.82, 2.24) is 20.3 Å². The summed E-state index contributed by atoms with van der Waals surface area (Å²) < 4.78 is 5.35. The van der Waals surface area contributed by atoms with Crippen LogP contribution in [0.4, 0.5) is 5.95 Å². The number of rotatable bonds is 7. The fourth-order valence-corrected chi connectivity index (χ4v) is 3.80. The Labute approximate surface area is 176 Å². The number of hydrogen-bond acceptors (Lipinski definition) is 6. The standard InChI is InChI=1S/C23H25N5O2/c1-17-8-10-25-22(27-17)28-15-23(16-28,12-18-5-3-7-20(11-18)30-2)21(29)26-14-19-6-4-9-24-13-19/h3-11,13H,12,14-16H2,1-2H3,(H,26,29). The molecule has 30 heavy (non-hydrogen) atoms. The quantitative estimate of drug-likeness (QED) is 0.653. The average molecular weight is 403 g/mol. The first kappa shape index (κ1) is 19.8. The highest BCUT2D eigenvalue weighted by Gasteiger charge is 2.50. The molecule has 1 fully saturated rings. The molecule has 1 N–H and O–H groups in total. The van der Waals surface area contributed by atoms with E-state index < -0.39 is 5.41 Å². The van der Waals surface area contributed by atoms with Crippen LogP contribution < -0.4 is 15.0 Å². The largest absolute Gasteiger partial charge is 0.497 e. The first-order valence-electron chi connectivity index (χ1n) is 9.93. The van der Waals surface area contributed by atoms with Crippen LogP contribution in [0.15, 0.2) is 61.1 Å². The summed E-state index contributed by atoms with van der Waals surface area (Å²) in [5, 5.41) is 3.10. The third kappa shape index (κ3) is 4.25. The lowest BCUT2D eigenvalue weighted by atomic mass is 9.74. The average Bonchev–Trinajstić information content (AvgIpc) is 2.75. The topological polar surface area (TPSA) is 80.2 Å². The van der Waals surface area contributed by atoms with Crippen LogP contribution in [0.1, 0.15) is 16.8 Å². The Kier molecular flexibility index (Phi) is 5.61. The van der Waals surface area contributed by atoms with Gasteiger partial charge in [0.1, 0.15) is 5.75 Å². The van der Waals surface area contributed by atoms with Crippen molar-refractivity contribution in [3.63, 3.8) is 0 Å². The maximum atomic E-state index is 13.3. The van der Waals surface area contributed by atoms with Crippen LogP contribution in [-0.2, 0) is 17.8 Å². The number of hydrogen-bond donors (Lipinski definition) is 1. The molecule has 3 aromatic rings. The molecule has 3 heterocycles. The zero-order valence-electron chi connectivity index (χ0n) is 17.2. The van der Waals surface area contributed by atoms with Crippen LogP contribution in [0.3, 0.4) is 0 Å². The molecule has 1 aromatic carbocycles. The molecule has 2 aromatic heterocycles. The number of aromatic nitrogens is 3. The van der Waals surface area contributed by atoms with Gasteiger partial charge in [0.2, 0.25) is 11.9 Å². The zero-order chi connectivity index (χ0) is 21.0. The molecule has 0 aliphatic carbocycles. The number of anilines is 1. The molecule has 1 aliphatic rings. The van der Waals surface area contributed by atoms with E-state index in [-0.39, 0.29) is 5.91 Å². The van der Waals surface area contributed by atoms with E-state index >= 15 is 0 Å². The van der Waals surface area contributed by atoms with E-state index in [1.807, 2.05) is 49.4 Å². The lowest BCUT2D eigenvalue weighted by Gasteiger charge is -2.49. The van der Waals surface area contributed by atoms with Crippen LogP contribution in [-0.4, -0.2) is 41.1 Å². The third-order valence-corrected chi connectivity index (χ3v) is 5.39. The minimum absolute atomic E-state index is 0.0260. The molecular formula is C23H25N5O2. The number of methoxy groups -OCH3 is 1. The van der Waals surface area contributed by atoms with Crippen molar-refractivity contribution in [2.24, 2.45) is 5.41 Å². The summed E-state index contributed by atoms with van der Waals surface area (Å²) >= 11 is 0. The summed E-state index contributed by atoms with van der Waals surface area (Å²) in [6.07, 6.45) is 5.86. The van der Waals surface area contributed by atoms with Crippen molar-refractivity contribution in [1.29, 1.82) is 0 Å². The Morgan fingerprint density at radius 2 is 2.00 bits per heavy atom. The van der Waals surface area contributed by atoms with Crippen molar-refractivity contribution in [2.75, 3.05) is 25.1 Å². The number of carbonyl (C=O) groups excluding carboxylic acids is 1. The second kappa shape index (κ2) is 8.49. The second-order valence-corrected chi connectivity index (χ2v) is 7.71. The smallest absolute Gasteiger partial charge is 0.230 e. The molecule has 0 saturated carbocycles. The molecule has 4 rings (SSSR count). The summed E-state index contributed by atoms with van der Waals surface area (Å²) in [6, 6.07) is 13.6. The highest BCUT2D eigenvalue weighted by atomic mass is 16.5. The molecular weight excluding hydrogens is 378 g/mol. The molecule has 0 spiro atoms. The van der Waals surface area contributed by atoms with E-state index in [0.717, 1.165) is 22.6 Å². The van der Waals surface area contributed by atoms with E-state index in [2.05, 4.69) is 25.2 Å². The Morgan fingerprint density at radius 3 is 2.73 bits per heavy atom. The number of ether oxygens (including phenoxy) is 1. The summed E-state index contributed by atoms with van der Waals surface area (Å²) in [5.74, 6) is 1.48. The molecule has 1 amide bonds. The predicted molar refractivity (Wildman–Crippen MR) is 114 cm³/mol. The van der Waals surface area contributed by atoms with Gasteiger partial charge in [0.05, 0.1) is 12.5 Å². The van der Waals surface area contributed by atoms with Crippen LogP contribution in [0.2, 0.25) is 0 Å². The van der Waals surface area contributed by atoms with Gasteiger partial charge in [-0.3, -0.25) is 9.78 Å². The minimum atomic E-state index is -0.554. The van der Waals surface area contributed by atoms with Gasteiger partial charge in [-0.2, -0.15) is 0 Å². The number of amides is 1. The van der Waals surface area contributed by atoms with Crippen molar-refractivity contribution >= 4 is 11.9 Å². The van der Waals surface area contributed by atoms with E-state index in [4.69, 9.17) is 4.74 Å². The second-order valence-electron chi connectivity index (χ2n) is 7.71. The van der Waals surface area contributed by atoms with Crippen molar-refractivity contribution in [3.8, 4) is 5.75 Å². The van der Waals surface area contributed by atoms with Gasteiger partial charge >= 0.3 is 0 Å². The van der Waals surface area contributed by atoms with E-state index in [1.165, 1.54) is 0 Å². The highest BCUT2D eigenvalue weighted by Crippen LogP contribution is 2.37. The van der Waals surface area contributed by atoms with Crippen LogP contribution in [0.5, 0.6) is 5.75 Å². The summed E-state index contributed by atoms with van der Waals surface area (Å²) in [5.41, 5.74) is 2.39. The molecule has 0 bridgehead atoms. The Morgan fingerprint density at radius 1 is 1.17 bits per heavy atom. The van der Waals surface area contributed by atoms with Gasteiger partial charge in [0, 0.05) is 43.9 Å². The molecule has 154 valence electrons. The number of aryl methyl sites for hydroxylation is 1. The van der Waals surface area contributed by atoms with Gasteiger partial charge in [-0.15, -0.1) is 0 Å². The number of carbonyl (C=O) groups is 1. The van der Waals surface area contributed by atoms with Gasteiger partial charge in [0.25, 0.3) is 0 Å². The molecule has 0 radical (unpaired) electrons. The van der Waals surface area contributed by atoms with Crippen LogP contribution in [0.25, 0.3) is 0 Å². The maximum absolute atomic E-state index is 13.3. The Balaban J connectivity index is 1.53. The fraction of sp³-hybridized carbons (Fsp3) is 0.304. The van der Waals surface area contributed by atoms with Gasteiger partial charge in [-0.1, -0.05) is 18.2 Å². The number of benzene rings is 1. The van der Waals surface area contributed by atoms with Gasteiger partial charge in [-0.05, 0) is 48.7 Å². The zero-order valence-corrected chi connectivity index (χ0v) is 17.2. The lowest BCUT2D eigenvalue weighted by Crippen LogP contribution is -2.64. The fourth-order valence-electron chi connectivity index (χ4n) is 3.80. The SMILES string of the molecule is COc1cccc(CC2(C(=O)NCc3cccnc3)CN(c3nccc(C)n3)C2)c1. The molecule has 7 nitrogen and oxygen atoms in total. The van der Waals surface area contributed by atoms with Crippen LogP contribution >= 0.6 is 0 Å². The monoisotopic (exact) mass is 403 g/mol.